The van der Waals surface area contributed by atoms with Gasteiger partial charge in [-0.2, -0.15) is 0 Å². The summed E-state index contributed by atoms with van der Waals surface area (Å²) < 4.78 is 0. The fourth-order valence-electron chi connectivity index (χ4n) is 1.59. The maximum absolute atomic E-state index is 4.03. The molecule has 1 aliphatic heterocycles. The Labute approximate surface area is 81.2 Å². The SMILES string of the molecule is C=C1NC(CC)CC/C1=C/C=C\C. The Morgan fingerprint density at radius 1 is 1.62 bits per heavy atom. The van der Waals surface area contributed by atoms with Crippen LogP contribution < -0.4 is 5.32 Å². The lowest BCUT2D eigenvalue weighted by molar-refractivity contribution is 0.483. The standard InChI is InChI=1S/C12H19N/c1-4-6-7-11-8-9-12(5-2)13-10(11)3/h4,6-7,12-13H,3,5,8-9H2,1-2H3/b6-4-,11-7-. The van der Waals surface area contributed by atoms with Gasteiger partial charge in [0.2, 0.25) is 0 Å². The number of allylic oxidation sites excluding steroid dienone is 4. The Morgan fingerprint density at radius 3 is 2.92 bits per heavy atom. The summed E-state index contributed by atoms with van der Waals surface area (Å²) in [7, 11) is 0. The van der Waals surface area contributed by atoms with Gasteiger partial charge in [0.05, 0.1) is 0 Å². The van der Waals surface area contributed by atoms with Crippen LogP contribution in [0.1, 0.15) is 33.1 Å². The molecule has 1 unspecified atom stereocenters. The molecule has 0 saturated carbocycles. The monoisotopic (exact) mass is 177 g/mol. The Balaban J connectivity index is 2.58. The average Bonchev–Trinajstić information content (AvgIpc) is 2.16. The zero-order chi connectivity index (χ0) is 9.68. The summed E-state index contributed by atoms with van der Waals surface area (Å²) in [4.78, 5) is 0. The molecule has 0 spiro atoms. The molecule has 1 fully saturated rings. The highest BCUT2D eigenvalue weighted by molar-refractivity contribution is 5.32. The number of hydrogen-bond acceptors (Lipinski definition) is 1. The van der Waals surface area contributed by atoms with Crippen molar-refractivity contribution in [1.82, 2.24) is 5.32 Å². The molecule has 0 aromatic heterocycles. The predicted octanol–water partition coefficient (Wildman–Crippen LogP) is 3.16. The van der Waals surface area contributed by atoms with Crippen LogP contribution >= 0.6 is 0 Å². The van der Waals surface area contributed by atoms with Gasteiger partial charge in [0.25, 0.3) is 0 Å². The van der Waals surface area contributed by atoms with Gasteiger partial charge >= 0.3 is 0 Å². The molecule has 0 amide bonds. The lowest BCUT2D eigenvalue weighted by Gasteiger charge is -2.27. The van der Waals surface area contributed by atoms with Gasteiger partial charge in [-0.3, -0.25) is 0 Å². The third kappa shape index (κ3) is 2.76. The summed E-state index contributed by atoms with van der Waals surface area (Å²) in [5, 5.41) is 3.43. The van der Waals surface area contributed by atoms with Crippen molar-refractivity contribution in [2.45, 2.75) is 39.2 Å². The van der Waals surface area contributed by atoms with E-state index in [2.05, 4.69) is 31.0 Å². The molecule has 13 heavy (non-hydrogen) atoms. The first kappa shape index (κ1) is 10.1. The highest BCUT2D eigenvalue weighted by atomic mass is 14.9. The van der Waals surface area contributed by atoms with E-state index >= 15 is 0 Å². The second-order valence-electron chi connectivity index (χ2n) is 3.48. The van der Waals surface area contributed by atoms with Crippen LogP contribution in [0.4, 0.5) is 0 Å². The smallest absolute Gasteiger partial charge is 0.0301 e. The van der Waals surface area contributed by atoms with E-state index in [-0.39, 0.29) is 0 Å². The van der Waals surface area contributed by atoms with Crippen LogP contribution in [0.15, 0.2) is 36.1 Å². The zero-order valence-electron chi connectivity index (χ0n) is 8.64. The summed E-state index contributed by atoms with van der Waals surface area (Å²) in [6.45, 7) is 8.28. The fourth-order valence-corrected chi connectivity index (χ4v) is 1.59. The van der Waals surface area contributed by atoms with Gasteiger partial charge in [-0.1, -0.05) is 31.7 Å². The molecule has 0 bridgehead atoms. The topological polar surface area (TPSA) is 12.0 Å². The van der Waals surface area contributed by atoms with E-state index in [4.69, 9.17) is 0 Å². The second-order valence-corrected chi connectivity index (χ2v) is 3.48. The summed E-state index contributed by atoms with van der Waals surface area (Å²) in [5.74, 6) is 0. The Morgan fingerprint density at radius 2 is 2.38 bits per heavy atom. The Hall–Kier alpha value is -0.980. The van der Waals surface area contributed by atoms with Crippen molar-refractivity contribution in [3.8, 4) is 0 Å². The van der Waals surface area contributed by atoms with Crippen LogP contribution in [0.2, 0.25) is 0 Å². The quantitative estimate of drug-likeness (QED) is 0.683. The largest absolute Gasteiger partial charge is 0.383 e. The average molecular weight is 177 g/mol. The zero-order valence-corrected chi connectivity index (χ0v) is 8.64. The van der Waals surface area contributed by atoms with Crippen molar-refractivity contribution in [2.75, 3.05) is 0 Å². The predicted molar refractivity (Wildman–Crippen MR) is 58.5 cm³/mol. The third-order valence-electron chi connectivity index (χ3n) is 2.51. The van der Waals surface area contributed by atoms with Crippen molar-refractivity contribution in [2.24, 2.45) is 0 Å². The van der Waals surface area contributed by atoms with E-state index in [9.17, 15) is 0 Å². The number of nitrogens with one attached hydrogen (secondary N) is 1. The summed E-state index contributed by atoms with van der Waals surface area (Å²) in [5.41, 5.74) is 2.46. The normalized spacial score (nSPS) is 26.8. The maximum atomic E-state index is 4.03. The number of piperidine rings is 1. The molecular formula is C12H19N. The lowest BCUT2D eigenvalue weighted by atomic mass is 9.96. The molecule has 1 N–H and O–H groups in total. The first-order valence-electron chi connectivity index (χ1n) is 5.05. The first-order valence-corrected chi connectivity index (χ1v) is 5.05. The minimum atomic E-state index is 0.634. The first-order chi connectivity index (χ1) is 6.27. The van der Waals surface area contributed by atoms with E-state index in [1.54, 1.807) is 0 Å². The molecule has 0 aliphatic carbocycles. The van der Waals surface area contributed by atoms with Crippen molar-refractivity contribution >= 4 is 0 Å². The molecule has 1 atom stereocenters. The number of hydrogen-bond donors (Lipinski definition) is 1. The van der Waals surface area contributed by atoms with Crippen molar-refractivity contribution in [3.63, 3.8) is 0 Å². The van der Waals surface area contributed by atoms with Gasteiger partial charge in [0.1, 0.15) is 0 Å². The van der Waals surface area contributed by atoms with Crippen LogP contribution in [0.3, 0.4) is 0 Å². The van der Waals surface area contributed by atoms with Crippen molar-refractivity contribution in [1.29, 1.82) is 0 Å². The van der Waals surface area contributed by atoms with Crippen LogP contribution in [-0.2, 0) is 0 Å². The van der Waals surface area contributed by atoms with Gasteiger partial charge < -0.3 is 5.32 Å². The third-order valence-corrected chi connectivity index (χ3v) is 2.51. The fraction of sp³-hybridized carbons (Fsp3) is 0.500. The minimum Gasteiger partial charge on any atom is -0.383 e. The molecule has 1 rings (SSSR count). The van der Waals surface area contributed by atoms with E-state index in [0.29, 0.717) is 6.04 Å². The molecule has 1 saturated heterocycles. The van der Waals surface area contributed by atoms with E-state index in [1.807, 2.05) is 13.0 Å². The molecule has 72 valence electrons. The minimum absolute atomic E-state index is 0.634. The van der Waals surface area contributed by atoms with E-state index in [1.165, 1.54) is 18.4 Å². The van der Waals surface area contributed by atoms with Crippen LogP contribution in [0.25, 0.3) is 0 Å². The van der Waals surface area contributed by atoms with E-state index in [0.717, 1.165) is 12.1 Å². The van der Waals surface area contributed by atoms with Crippen molar-refractivity contribution in [3.05, 3.63) is 36.1 Å². The Bertz CT molecular complexity index is 236. The molecule has 1 aliphatic rings. The highest BCUT2D eigenvalue weighted by Gasteiger charge is 2.15. The second kappa shape index (κ2) is 4.90. The van der Waals surface area contributed by atoms with Gasteiger partial charge in [0, 0.05) is 11.7 Å². The van der Waals surface area contributed by atoms with Crippen molar-refractivity contribution < 1.29 is 0 Å². The van der Waals surface area contributed by atoms with E-state index < -0.39 is 0 Å². The van der Waals surface area contributed by atoms with Gasteiger partial charge in [-0.15, -0.1) is 0 Å². The maximum Gasteiger partial charge on any atom is 0.0301 e. The van der Waals surface area contributed by atoms with Gasteiger partial charge in [0.15, 0.2) is 0 Å². The molecule has 1 heterocycles. The number of rotatable bonds is 2. The Kier molecular flexibility index (Phi) is 3.81. The summed E-state index contributed by atoms with van der Waals surface area (Å²) >= 11 is 0. The van der Waals surface area contributed by atoms with Crippen LogP contribution in [0.5, 0.6) is 0 Å². The van der Waals surface area contributed by atoms with Crippen LogP contribution in [-0.4, -0.2) is 6.04 Å². The van der Waals surface area contributed by atoms with Crippen LogP contribution in [0, 0.1) is 0 Å². The molecule has 0 radical (unpaired) electrons. The molecule has 1 nitrogen and oxygen atoms in total. The summed E-state index contributed by atoms with van der Waals surface area (Å²) in [6.07, 6.45) is 9.87. The van der Waals surface area contributed by atoms with Gasteiger partial charge in [-0.25, -0.2) is 0 Å². The molecular weight excluding hydrogens is 158 g/mol. The molecule has 1 heteroatoms. The van der Waals surface area contributed by atoms with Gasteiger partial charge in [-0.05, 0) is 31.8 Å². The summed E-state index contributed by atoms with van der Waals surface area (Å²) in [6, 6.07) is 0.634. The lowest BCUT2D eigenvalue weighted by Crippen LogP contribution is -2.32. The molecule has 0 aromatic rings. The highest BCUT2D eigenvalue weighted by Crippen LogP contribution is 2.22. The molecule has 0 aromatic carbocycles.